The van der Waals surface area contributed by atoms with Gasteiger partial charge in [0.1, 0.15) is 22.7 Å². The lowest BCUT2D eigenvalue weighted by molar-refractivity contribution is -0.137. The van der Waals surface area contributed by atoms with Gasteiger partial charge in [-0.15, -0.1) is 11.3 Å². The van der Waals surface area contributed by atoms with Crippen LogP contribution in [0.1, 0.15) is 55.6 Å². The topological polar surface area (TPSA) is 137 Å². The zero-order chi connectivity index (χ0) is 24.3. The molecule has 0 aliphatic rings. The van der Waals surface area contributed by atoms with Gasteiger partial charge in [-0.2, -0.15) is 13.2 Å². The number of benzene rings is 1. The quantitative estimate of drug-likeness (QED) is 0.413. The normalized spacial score (nSPS) is 12.4. The molecule has 0 aliphatic carbocycles. The van der Waals surface area contributed by atoms with Crippen LogP contribution in [0.4, 0.5) is 24.7 Å². The number of carbonyl (C=O) groups excluding carboxylic acids is 2. The van der Waals surface area contributed by atoms with Crippen LogP contribution in [0.2, 0.25) is 5.02 Å². The van der Waals surface area contributed by atoms with Gasteiger partial charge in [0.25, 0.3) is 5.91 Å². The third-order valence-electron chi connectivity index (χ3n) is 4.64. The molecular formula is C20H18ClF3N6O2S. The summed E-state index contributed by atoms with van der Waals surface area (Å²) in [5.41, 5.74) is 10.8. The molecule has 13 heteroatoms. The standard InChI is InChI=1S/C20H18ClF3N6O2S/c1-9(4-14(31)16-11(6-25)17(26)29-8-28-16)19-27-7-15(33-19)18(32)30-10-2-3-13(21)12(5-10)20(22,23)24/h2-3,5,7-9H,4,6,25H2,1H3,(H,30,32)(H2,26,28,29)/t9-/m1/s1. The van der Waals surface area contributed by atoms with Gasteiger partial charge in [0, 0.05) is 30.1 Å². The lowest BCUT2D eigenvalue weighted by Crippen LogP contribution is -2.15. The summed E-state index contributed by atoms with van der Waals surface area (Å²) in [6.07, 6.45) is -2.15. The second kappa shape index (κ2) is 9.81. The van der Waals surface area contributed by atoms with Gasteiger partial charge in [-0.1, -0.05) is 18.5 Å². The van der Waals surface area contributed by atoms with Crippen LogP contribution in [0.5, 0.6) is 0 Å². The van der Waals surface area contributed by atoms with E-state index in [1.165, 1.54) is 18.6 Å². The molecule has 0 saturated heterocycles. The number of thiazole rings is 1. The molecule has 2 heterocycles. The Bertz CT molecular complexity index is 1200. The minimum Gasteiger partial charge on any atom is -0.383 e. The average Bonchev–Trinajstić information content (AvgIpc) is 3.24. The fourth-order valence-electron chi connectivity index (χ4n) is 2.96. The van der Waals surface area contributed by atoms with Crippen LogP contribution in [0, 0.1) is 0 Å². The largest absolute Gasteiger partial charge is 0.417 e. The van der Waals surface area contributed by atoms with Crippen LogP contribution < -0.4 is 16.8 Å². The van der Waals surface area contributed by atoms with E-state index in [9.17, 15) is 22.8 Å². The molecule has 0 radical (unpaired) electrons. The van der Waals surface area contributed by atoms with E-state index in [1.807, 2.05) is 0 Å². The summed E-state index contributed by atoms with van der Waals surface area (Å²) in [5.74, 6) is -1.17. The van der Waals surface area contributed by atoms with Gasteiger partial charge in [0.05, 0.1) is 21.8 Å². The number of nitrogens with two attached hydrogens (primary N) is 2. The van der Waals surface area contributed by atoms with Crippen molar-refractivity contribution in [1.29, 1.82) is 0 Å². The molecule has 0 fully saturated rings. The van der Waals surface area contributed by atoms with Crippen molar-refractivity contribution < 1.29 is 22.8 Å². The fourth-order valence-corrected chi connectivity index (χ4v) is 4.05. The molecular weight excluding hydrogens is 481 g/mol. The fraction of sp³-hybridized carbons (Fsp3) is 0.250. The summed E-state index contributed by atoms with van der Waals surface area (Å²) in [6, 6.07) is 3.08. The number of carbonyl (C=O) groups is 2. The van der Waals surface area contributed by atoms with E-state index in [1.54, 1.807) is 6.92 Å². The van der Waals surface area contributed by atoms with Gasteiger partial charge in [-0.25, -0.2) is 15.0 Å². The maximum atomic E-state index is 13.0. The zero-order valence-electron chi connectivity index (χ0n) is 17.1. The molecule has 2 aromatic heterocycles. The Morgan fingerprint density at radius 1 is 1.24 bits per heavy atom. The van der Waals surface area contributed by atoms with Crippen molar-refractivity contribution in [3.05, 3.63) is 62.5 Å². The third kappa shape index (κ3) is 5.64. The Morgan fingerprint density at radius 2 is 1.97 bits per heavy atom. The predicted octanol–water partition coefficient (Wildman–Crippen LogP) is 4.28. The first-order chi connectivity index (χ1) is 15.5. The van der Waals surface area contributed by atoms with E-state index >= 15 is 0 Å². The number of Topliss-reactive ketones (excluding diaryl/α,β-unsaturated/α-hetero) is 1. The number of rotatable bonds is 7. The predicted molar refractivity (Wildman–Crippen MR) is 118 cm³/mol. The third-order valence-corrected chi connectivity index (χ3v) is 6.19. The molecule has 0 aliphatic heterocycles. The van der Waals surface area contributed by atoms with Crippen LogP contribution in [-0.2, 0) is 12.7 Å². The van der Waals surface area contributed by atoms with Crippen molar-refractivity contribution >= 4 is 46.1 Å². The molecule has 1 aromatic carbocycles. The highest BCUT2D eigenvalue weighted by Crippen LogP contribution is 2.36. The summed E-state index contributed by atoms with van der Waals surface area (Å²) in [6.45, 7) is 1.75. The molecule has 33 heavy (non-hydrogen) atoms. The van der Waals surface area contributed by atoms with Crippen molar-refractivity contribution in [2.24, 2.45) is 5.73 Å². The second-order valence-corrected chi connectivity index (χ2v) is 8.50. The van der Waals surface area contributed by atoms with Crippen molar-refractivity contribution in [3.8, 4) is 0 Å². The van der Waals surface area contributed by atoms with Crippen molar-refractivity contribution in [2.45, 2.75) is 32.0 Å². The first-order valence-corrected chi connectivity index (χ1v) is 10.7. The van der Waals surface area contributed by atoms with Gasteiger partial charge in [-0.3, -0.25) is 9.59 Å². The monoisotopic (exact) mass is 498 g/mol. The number of nitrogens with zero attached hydrogens (tertiary/aromatic N) is 3. The van der Waals surface area contributed by atoms with Crippen molar-refractivity contribution in [1.82, 2.24) is 15.0 Å². The first kappa shape index (κ1) is 24.6. The summed E-state index contributed by atoms with van der Waals surface area (Å²) < 4.78 is 39.1. The Kier molecular flexibility index (Phi) is 7.30. The number of amides is 1. The minimum atomic E-state index is -4.66. The van der Waals surface area contributed by atoms with Gasteiger partial charge in [0.2, 0.25) is 0 Å². The number of nitrogen functional groups attached to an aromatic ring is 1. The molecule has 3 rings (SSSR count). The molecule has 3 aromatic rings. The zero-order valence-corrected chi connectivity index (χ0v) is 18.7. The summed E-state index contributed by atoms with van der Waals surface area (Å²) >= 11 is 6.62. The lowest BCUT2D eigenvalue weighted by atomic mass is 10.0. The number of alkyl halides is 3. The average molecular weight is 499 g/mol. The highest BCUT2D eigenvalue weighted by molar-refractivity contribution is 7.13. The van der Waals surface area contributed by atoms with Crippen molar-refractivity contribution in [3.63, 3.8) is 0 Å². The van der Waals surface area contributed by atoms with Crippen LogP contribution in [0.25, 0.3) is 0 Å². The number of anilines is 2. The number of nitrogens with one attached hydrogen (secondary N) is 1. The number of hydrogen-bond donors (Lipinski definition) is 3. The van der Waals surface area contributed by atoms with Gasteiger partial charge in [-0.05, 0) is 18.2 Å². The van der Waals surface area contributed by atoms with E-state index in [2.05, 4.69) is 20.3 Å². The molecule has 0 unspecified atom stereocenters. The maximum Gasteiger partial charge on any atom is 0.417 e. The van der Waals surface area contributed by atoms with E-state index < -0.39 is 22.7 Å². The molecule has 0 saturated carbocycles. The highest BCUT2D eigenvalue weighted by atomic mass is 35.5. The number of hydrogen-bond acceptors (Lipinski definition) is 8. The SMILES string of the molecule is C[C@H](CC(=O)c1ncnc(N)c1CN)c1ncc(C(=O)Nc2ccc(Cl)c(C(F)(F)F)c2)s1. The van der Waals surface area contributed by atoms with E-state index in [0.717, 1.165) is 23.5 Å². The van der Waals surface area contributed by atoms with Gasteiger partial charge >= 0.3 is 6.18 Å². The van der Waals surface area contributed by atoms with Crippen molar-refractivity contribution in [2.75, 3.05) is 11.1 Å². The molecule has 1 atom stereocenters. The molecule has 8 nitrogen and oxygen atoms in total. The highest BCUT2D eigenvalue weighted by Gasteiger charge is 2.33. The molecule has 1 amide bonds. The molecule has 0 spiro atoms. The second-order valence-electron chi connectivity index (χ2n) is 7.03. The number of halogens is 4. The number of aromatic nitrogens is 3. The van der Waals surface area contributed by atoms with Crippen LogP contribution in [0.15, 0.2) is 30.7 Å². The van der Waals surface area contributed by atoms with Crippen LogP contribution in [0.3, 0.4) is 0 Å². The van der Waals surface area contributed by atoms with Gasteiger partial charge < -0.3 is 16.8 Å². The van der Waals surface area contributed by atoms with E-state index in [4.69, 9.17) is 23.1 Å². The lowest BCUT2D eigenvalue weighted by Gasteiger charge is -2.11. The van der Waals surface area contributed by atoms with Crippen LogP contribution in [-0.4, -0.2) is 26.6 Å². The summed E-state index contributed by atoms with van der Waals surface area (Å²) in [4.78, 5) is 37.3. The minimum absolute atomic E-state index is 0.00441. The maximum absolute atomic E-state index is 13.0. The first-order valence-electron chi connectivity index (χ1n) is 9.47. The summed E-state index contributed by atoms with van der Waals surface area (Å²) in [5, 5.41) is 2.43. The van der Waals surface area contributed by atoms with Gasteiger partial charge in [0.15, 0.2) is 5.78 Å². The van der Waals surface area contributed by atoms with Crippen LogP contribution >= 0.6 is 22.9 Å². The molecule has 174 valence electrons. The Balaban J connectivity index is 1.71. The molecule has 5 N–H and O–H groups in total. The molecule has 0 bridgehead atoms. The Morgan fingerprint density at radius 3 is 2.64 bits per heavy atom. The smallest absolute Gasteiger partial charge is 0.383 e. The van der Waals surface area contributed by atoms with E-state index in [0.29, 0.717) is 10.6 Å². The Labute approximate surface area is 195 Å². The summed E-state index contributed by atoms with van der Waals surface area (Å²) in [7, 11) is 0. The van der Waals surface area contributed by atoms with E-state index in [-0.39, 0.29) is 46.7 Å². The number of ketones is 1. The Hall–Kier alpha value is -3.09.